The second kappa shape index (κ2) is 5.14. The molecule has 3 rings (SSSR count). The number of furan rings is 1. The normalized spacial score (nSPS) is 12.8. The van der Waals surface area contributed by atoms with E-state index in [0.29, 0.717) is 4.67 Å². The minimum absolute atomic E-state index is 0.000661. The fourth-order valence-electron chi connectivity index (χ4n) is 2.03. The highest BCUT2D eigenvalue weighted by atomic mass is 79.9. The summed E-state index contributed by atoms with van der Waals surface area (Å²) in [6, 6.07) is 7.51. The van der Waals surface area contributed by atoms with E-state index in [2.05, 4.69) is 47.1 Å². The van der Waals surface area contributed by atoms with Crippen molar-refractivity contribution < 1.29 is 4.42 Å². The summed E-state index contributed by atoms with van der Waals surface area (Å²) in [7, 11) is 0. The van der Waals surface area contributed by atoms with Gasteiger partial charge in [-0.3, -0.25) is 0 Å². The second-order valence-corrected chi connectivity index (χ2v) is 6.10. The van der Waals surface area contributed by atoms with Gasteiger partial charge in [0.2, 0.25) is 0 Å². The van der Waals surface area contributed by atoms with Crippen LogP contribution in [0.2, 0.25) is 0 Å². The van der Waals surface area contributed by atoms with Crippen LogP contribution in [0.3, 0.4) is 0 Å². The molecule has 2 heterocycles. The molecule has 20 heavy (non-hydrogen) atoms. The van der Waals surface area contributed by atoms with Crippen molar-refractivity contribution in [2.75, 3.05) is 5.32 Å². The van der Waals surface area contributed by atoms with Crippen LogP contribution in [-0.2, 0) is 0 Å². The summed E-state index contributed by atoms with van der Waals surface area (Å²) < 4.78 is 7.10. The first kappa shape index (κ1) is 13.5. The molecule has 0 spiro atoms. The summed E-state index contributed by atoms with van der Waals surface area (Å²) in [4.78, 5) is 16.8. The molecule has 3 aromatic rings. The van der Waals surface area contributed by atoms with Crippen molar-refractivity contribution >= 4 is 48.6 Å². The smallest absolute Gasteiger partial charge is 0.323 e. The average Bonchev–Trinajstić information content (AvgIpc) is 2.95. The van der Waals surface area contributed by atoms with Crippen LogP contribution >= 0.6 is 31.9 Å². The monoisotopic (exact) mass is 399 g/mol. The minimum Gasteiger partial charge on any atom is -0.452 e. The largest absolute Gasteiger partial charge is 0.452 e. The number of hydrogen-bond donors (Lipinski definition) is 3. The van der Waals surface area contributed by atoms with E-state index in [1.165, 1.54) is 0 Å². The topological polar surface area (TPSA) is 73.8 Å². The summed E-state index contributed by atoms with van der Waals surface area (Å²) in [5.74, 6) is 0.825. The molecule has 0 saturated heterocycles. The number of rotatable bonds is 3. The van der Waals surface area contributed by atoms with Gasteiger partial charge < -0.3 is 19.7 Å². The number of fused-ring (bicyclic) bond motifs is 1. The molecule has 104 valence electrons. The Morgan fingerprint density at radius 3 is 2.55 bits per heavy atom. The van der Waals surface area contributed by atoms with Gasteiger partial charge in [0.15, 0.2) is 4.67 Å². The molecule has 0 aliphatic heterocycles. The zero-order valence-electron chi connectivity index (χ0n) is 10.5. The first-order valence-electron chi connectivity index (χ1n) is 5.96. The number of anilines is 1. The van der Waals surface area contributed by atoms with Gasteiger partial charge in [-0.2, -0.15) is 0 Å². The molecule has 0 aliphatic rings. The molecule has 1 atom stereocenters. The molecule has 0 amide bonds. The van der Waals surface area contributed by atoms with Gasteiger partial charge in [0.1, 0.15) is 5.76 Å². The molecule has 3 N–H and O–H groups in total. The lowest BCUT2D eigenvalue weighted by atomic mass is 10.2. The van der Waals surface area contributed by atoms with Gasteiger partial charge in [-0.1, -0.05) is 0 Å². The van der Waals surface area contributed by atoms with Crippen molar-refractivity contribution in [3.05, 3.63) is 49.7 Å². The Hall–Kier alpha value is -1.47. The van der Waals surface area contributed by atoms with E-state index in [1.54, 1.807) is 0 Å². The van der Waals surface area contributed by atoms with E-state index in [-0.39, 0.29) is 11.7 Å². The van der Waals surface area contributed by atoms with Crippen LogP contribution in [0.25, 0.3) is 11.0 Å². The number of hydrogen-bond acceptors (Lipinski definition) is 3. The first-order chi connectivity index (χ1) is 9.52. The number of aromatic nitrogens is 2. The van der Waals surface area contributed by atoms with E-state index >= 15 is 0 Å². The Labute approximate surface area is 131 Å². The van der Waals surface area contributed by atoms with E-state index in [0.717, 1.165) is 27.0 Å². The molecule has 0 bridgehead atoms. The number of aromatic amines is 2. The maximum absolute atomic E-state index is 11.3. The quantitative estimate of drug-likeness (QED) is 0.618. The Morgan fingerprint density at radius 2 is 1.90 bits per heavy atom. The van der Waals surface area contributed by atoms with Crippen molar-refractivity contribution in [3.63, 3.8) is 0 Å². The maximum Gasteiger partial charge on any atom is 0.323 e. The first-order valence-corrected chi connectivity index (χ1v) is 7.55. The number of nitrogens with one attached hydrogen (secondary N) is 3. The summed E-state index contributed by atoms with van der Waals surface area (Å²) >= 11 is 6.78. The number of benzene rings is 1. The van der Waals surface area contributed by atoms with Gasteiger partial charge in [-0.25, -0.2) is 4.79 Å². The highest BCUT2D eigenvalue weighted by Gasteiger charge is 2.12. The zero-order valence-corrected chi connectivity index (χ0v) is 13.6. The SMILES string of the molecule is CC(Nc1cc2[nH]c(=O)[nH]c2cc1Br)c1ccc(Br)o1. The van der Waals surface area contributed by atoms with Gasteiger partial charge in [-0.15, -0.1) is 0 Å². The summed E-state index contributed by atoms with van der Waals surface area (Å²) in [6.07, 6.45) is 0. The molecular weight excluding hydrogens is 390 g/mol. The summed E-state index contributed by atoms with van der Waals surface area (Å²) in [6.45, 7) is 2.00. The molecule has 0 saturated carbocycles. The molecule has 7 heteroatoms. The molecule has 2 aromatic heterocycles. The summed E-state index contributed by atoms with van der Waals surface area (Å²) in [5.41, 5.74) is 2.19. The van der Waals surface area contributed by atoms with Gasteiger partial charge in [0.25, 0.3) is 0 Å². The molecule has 0 fully saturated rings. The molecule has 0 radical (unpaired) electrons. The Morgan fingerprint density at radius 1 is 1.20 bits per heavy atom. The number of halogens is 2. The highest BCUT2D eigenvalue weighted by molar-refractivity contribution is 9.10. The summed E-state index contributed by atoms with van der Waals surface area (Å²) in [5, 5.41) is 3.34. The van der Waals surface area contributed by atoms with Crippen LogP contribution in [0.15, 0.2) is 42.6 Å². The predicted octanol–water partition coefficient (Wildman–Crippen LogP) is 4.15. The second-order valence-electron chi connectivity index (χ2n) is 4.46. The van der Waals surface area contributed by atoms with E-state index in [9.17, 15) is 4.79 Å². The third-order valence-corrected chi connectivity index (χ3v) is 4.08. The van der Waals surface area contributed by atoms with Crippen molar-refractivity contribution in [2.24, 2.45) is 0 Å². The van der Waals surface area contributed by atoms with E-state index < -0.39 is 0 Å². The van der Waals surface area contributed by atoms with Gasteiger partial charge >= 0.3 is 5.69 Å². The van der Waals surface area contributed by atoms with Crippen molar-refractivity contribution in [1.29, 1.82) is 0 Å². The predicted molar refractivity (Wildman–Crippen MR) is 85.1 cm³/mol. The van der Waals surface area contributed by atoms with Crippen molar-refractivity contribution in [2.45, 2.75) is 13.0 Å². The van der Waals surface area contributed by atoms with E-state index in [4.69, 9.17) is 4.42 Å². The van der Waals surface area contributed by atoms with Gasteiger partial charge in [-0.05, 0) is 63.0 Å². The fraction of sp³-hybridized carbons (Fsp3) is 0.154. The third kappa shape index (κ3) is 2.55. The van der Waals surface area contributed by atoms with Crippen LogP contribution in [0.1, 0.15) is 18.7 Å². The van der Waals surface area contributed by atoms with Crippen LogP contribution in [0.5, 0.6) is 0 Å². The average molecular weight is 401 g/mol. The van der Waals surface area contributed by atoms with E-state index in [1.807, 2.05) is 31.2 Å². The van der Waals surface area contributed by atoms with Crippen molar-refractivity contribution in [1.82, 2.24) is 9.97 Å². The minimum atomic E-state index is -0.216. The molecule has 5 nitrogen and oxygen atoms in total. The molecule has 0 aliphatic carbocycles. The lowest BCUT2D eigenvalue weighted by Gasteiger charge is -2.14. The van der Waals surface area contributed by atoms with Gasteiger partial charge in [0.05, 0.1) is 22.8 Å². The van der Waals surface area contributed by atoms with Crippen LogP contribution in [0, 0.1) is 0 Å². The molecular formula is C13H11Br2N3O2. The zero-order chi connectivity index (χ0) is 14.3. The highest BCUT2D eigenvalue weighted by Crippen LogP contribution is 2.30. The van der Waals surface area contributed by atoms with Gasteiger partial charge in [0, 0.05) is 4.47 Å². The lowest BCUT2D eigenvalue weighted by Crippen LogP contribution is -2.06. The van der Waals surface area contributed by atoms with Crippen LogP contribution in [-0.4, -0.2) is 9.97 Å². The Balaban J connectivity index is 1.93. The number of imidazole rings is 1. The molecule has 1 unspecified atom stereocenters. The molecule has 1 aromatic carbocycles. The Kier molecular flexibility index (Phi) is 3.47. The van der Waals surface area contributed by atoms with Crippen molar-refractivity contribution in [3.8, 4) is 0 Å². The number of H-pyrrole nitrogens is 2. The Bertz CT molecular complexity index is 818. The lowest BCUT2D eigenvalue weighted by molar-refractivity contribution is 0.471. The third-order valence-electron chi connectivity index (χ3n) is 3.00. The van der Waals surface area contributed by atoms with Crippen LogP contribution in [0.4, 0.5) is 5.69 Å². The maximum atomic E-state index is 11.3. The fourth-order valence-corrected chi connectivity index (χ4v) is 2.81. The standard InChI is InChI=1S/C13H11Br2N3O2/c1-6(11-2-3-12(15)20-11)16-8-5-10-9(4-7(8)14)17-13(19)18-10/h2-6,16H,1H3,(H2,17,18,19). The van der Waals surface area contributed by atoms with Crippen LogP contribution < -0.4 is 11.0 Å².